The van der Waals surface area contributed by atoms with Crippen LogP contribution in [-0.4, -0.2) is 4.98 Å². The maximum atomic E-state index is 4.22. The summed E-state index contributed by atoms with van der Waals surface area (Å²) in [7, 11) is 0. The molecule has 0 aliphatic carbocycles. The monoisotopic (exact) mass is 184 g/mol. The second kappa shape index (κ2) is 3.92. The van der Waals surface area contributed by atoms with E-state index >= 15 is 0 Å². The van der Waals surface area contributed by atoms with Gasteiger partial charge in [-0.15, -0.1) is 0 Å². The molecule has 14 heavy (non-hydrogen) atoms. The van der Waals surface area contributed by atoms with Crippen LogP contribution in [0.4, 0.5) is 11.5 Å². The second-order valence-electron chi connectivity index (χ2n) is 3.21. The Morgan fingerprint density at radius 3 is 2.57 bits per heavy atom. The van der Waals surface area contributed by atoms with E-state index in [-0.39, 0.29) is 0 Å². The third-order valence-electron chi connectivity index (χ3n) is 1.96. The van der Waals surface area contributed by atoms with E-state index in [2.05, 4.69) is 17.2 Å². The SMILES string of the molecule is Cc1ccnc(Nc2ccccc2)c1. The first kappa shape index (κ1) is 8.75. The normalized spacial score (nSPS) is 9.79. The van der Waals surface area contributed by atoms with Crippen LogP contribution in [0.1, 0.15) is 5.56 Å². The fourth-order valence-electron chi connectivity index (χ4n) is 1.27. The standard InChI is InChI=1S/C12H12N2/c1-10-7-8-13-12(9-10)14-11-5-3-2-4-6-11/h2-9H,1H3,(H,13,14). The summed E-state index contributed by atoms with van der Waals surface area (Å²) in [5.41, 5.74) is 2.27. The average molecular weight is 184 g/mol. The molecule has 2 rings (SSSR count). The summed E-state index contributed by atoms with van der Waals surface area (Å²) >= 11 is 0. The van der Waals surface area contributed by atoms with Gasteiger partial charge in [0.25, 0.3) is 0 Å². The Labute approximate surface area is 83.6 Å². The maximum absolute atomic E-state index is 4.22. The van der Waals surface area contributed by atoms with E-state index in [9.17, 15) is 0 Å². The number of rotatable bonds is 2. The van der Waals surface area contributed by atoms with Crippen LogP contribution in [0.2, 0.25) is 0 Å². The van der Waals surface area contributed by atoms with Gasteiger partial charge in [0.05, 0.1) is 0 Å². The van der Waals surface area contributed by atoms with Crippen molar-refractivity contribution in [2.45, 2.75) is 6.92 Å². The molecule has 0 spiro atoms. The lowest BCUT2D eigenvalue weighted by Gasteiger charge is -2.04. The number of hydrogen-bond donors (Lipinski definition) is 1. The Hall–Kier alpha value is -1.83. The van der Waals surface area contributed by atoms with Gasteiger partial charge in [0.2, 0.25) is 0 Å². The smallest absolute Gasteiger partial charge is 0.130 e. The van der Waals surface area contributed by atoms with E-state index in [0.29, 0.717) is 0 Å². The van der Waals surface area contributed by atoms with E-state index in [4.69, 9.17) is 0 Å². The largest absolute Gasteiger partial charge is 0.340 e. The van der Waals surface area contributed by atoms with Gasteiger partial charge in [0, 0.05) is 11.9 Å². The van der Waals surface area contributed by atoms with Crippen molar-refractivity contribution in [2.24, 2.45) is 0 Å². The number of hydrogen-bond acceptors (Lipinski definition) is 2. The first-order valence-corrected chi connectivity index (χ1v) is 4.59. The highest BCUT2D eigenvalue weighted by atomic mass is 15.0. The van der Waals surface area contributed by atoms with E-state index in [0.717, 1.165) is 11.5 Å². The molecular weight excluding hydrogens is 172 g/mol. The van der Waals surface area contributed by atoms with E-state index in [1.807, 2.05) is 42.5 Å². The number of aryl methyl sites for hydroxylation is 1. The molecule has 1 aromatic heterocycles. The molecule has 0 radical (unpaired) electrons. The second-order valence-corrected chi connectivity index (χ2v) is 3.21. The molecule has 0 fully saturated rings. The minimum atomic E-state index is 0.885. The Balaban J connectivity index is 2.19. The lowest BCUT2D eigenvalue weighted by atomic mass is 10.3. The summed E-state index contributed by atoms with van der Waals surface area (Å²) < 4.78 is 0. The molecule has 2 nitrogen and oxygen atoms in total. The summed E-state index contributed by atoms with van der Waals surface area (Å²) in [6.07, 6.45) is 1.81. The molecule has 1 aromatic carbocycles. The van der Waals surface area contributed by atoms with Crippen LogP contribution >= 0.6 is 0 Å². The van der Waals surface area contributed by atoms with Crippen molar-refractivity contribution in [3.05, 3.63) is 54.2 Å². The van der Waals surface area contributed by atoms with Crippen LogP contribution in [0.15, 0.2) is 48.7 Å². The maximum Gasteiger partial charge on any atom is 0.130 e. The molecule has 2 aromatic rings. The first-order chi connectivity index (χ1) is 6.84. The highest BCUT2D eigenvalue weighted by Gasteiger charge is 1.94. The van der Waals surface area contributed by atoms with Crippen molar-refractivity contribution in [1.29, 1.82) is 0 Å². The Morgan fingerprint density at radius 2 is 1.86 bits per heavy atom. The quantitative estimate of drug-likeness (QED) is 0.775. The van der Waals surface area contributed by atoms with Crippen LogP contribution in [0.3, 0.4) is 0 Å². The molecule has 0 aliphatic rings. The van der Waals surface area contributed by atoms with Crippen LogP contribution in [0.5, 0.6) is 0 Å². The minimum absolute atomic E-state index is 0.885. The number of aromatic nitrogens is 1. The third kappa shape index (κ3) is 2.10. The fraction of sp³-hybridized carbons (Fsp3) is 0.0833. The molecular formula is C12H12N2. The number of nitrogens with zero attached hydrogens (tertiary/aromatic N) is 1. The van der Waals surface area contributed by atoms with Crippen molar-refractivity contribution in [2.75, 3.05) is 5.32 Å². The number of anilines is 2. The molecule has 0 saturated heterocycles. The Morgan fingerprint density at radius 1 is 1.07 bits per heavy atom. The number of nitrogens with one attached hydrogen (secondary N) is 1. The van der Waals surface area contributed by atoms with Crippen molar-refractivity contribution >= 4 is 11.5 Å². The molecule has 2 heteroatoms. The van der Waals surface area contributed by atoms with Crippen molar-refractivity contribution < 1.29 is 0 Å². The molecule has 1 heterocycles. The molecule has 0 unspecified atom stereocenters. The summed E-state index contributed by atoms with van der Waals surface area (Å²) in [6.45, 7) is 2.05. The van der Waals surface area contributed by atoms with Gasteiger partial charge in [0.15, 0.2) is 0 Å². The molecule has 0 saturated carbocycles. The number of benzene rings is 1. The van der Waals surface area contributed by atoms with Gasteiger partial charge in [0.1, 0.15) is 5.82 Å². The van der Waals surface area contributed by atoms with E-state index < -0.39 is 0 Å². The third-order valence-corrected chi connectivity index (χ3v) is 1.96. The molecule has 0 amide bonds. The van der Waals surface area contributed by atoms with Gasteiger partial charge in [-0.05, 0) is 36.8 Å². The number of pyridine rings is 1. The minimum Gasteiger partial charge on any atom is -0.340 e. The lowest BCUT2D eigenvalue weighted by Crippen LogP contribution is -1.92. The van der Waals surface area contributed by atoms with E-state index in [1.165, 1.54) is 5.56 Å². The zero-order chi connectivity index (χ0) is 9.80. The Bertz CT molecular complexity index is 410. The predicted octanol–water partition coefficient (Wildman–Crippen LogP) is 3.13. The summed E-state index contributed by atoms with van der Waals surface area (Å²) in [5.74, 6) is 0.885. The zero-order valence-electron chi connectivity index (χ0n) is 8.07. The first-order valence-electron chi connectivity index (χ1n) is 4.59. The van der Waals surface area contributed by atoms with Gasteiger partial charge >= 0.3 is 0 Å². The molecule has 0 atom stereocenters. The molecule has 0 bridgehead atoms. The van der Waals surface area contributed by atoms with Crippen LogP contribution in [-0.2, 0) is 0 Å². The van der Waals surface area contributed by atoms with Gasteiger partial charge in [-0.3, -0.25) is 0 Å². The molecule has 0 aliphatic heterocycles. The summed E-state index contributed by atoms with van der Waals surface area (Å²) in [6, 6.07) is 14.0. The Kier molecular flexibility index (Phi) is 2.45. The predicted molar refractivity (Wildman–Crippen MR) is 58.7 cm³/mol. The fourth-order valence-corrected chi connectivity index (χ4v) is 1.27. The summed E-state index contributed by atoms with van der Waals surface area (Å²) in [5, 5.41) is 3.23. The average Bonchev–Trinajstić information content (AvgIpc) is 2.19. The molecule has 70 valence electrons. The van der Waals surface area contributed by atoms with Gasteiger partial charge in [-0.2, -0.15) is 0 Å². The highest BCUT2D eigenvalue weighted by Crippen LogP contribution is 2.13. The van der Waals surface area contributed by atoms with Gasteiger partial charge in [-0.1, -0.05) is 18.2 Å². The van der Waals surface area contributed by atoms with Gasteiger partial charge < -0.3 is 5.32 Å². The van der Waals surface area contributed by atoms with Gasteiger partial charge in [-0.25, -0.2) is 4.98 Å². The molecule has 1 N–H and O–H groups in total. The number of para-hydroxylation sites is 1. The van der Waals surface area contributed by atoms with Crippen LogP contribution < -0.4 is 5.32 Å². The highest BCUT2D eigenvalue weighted by molar-refractivity contribution is 5.55. The van der Waals surface area contributed by atoms with Crippen LogP contribution in [0.25, 0.3) is 0 Å². The topological polar surface area (TPSA) is 24.9 Å². The lowest BCUT2D eigenvalue weighted by molar-refractivity contribution is 1.27. The van der Waals surface area contributed by atoms with Crippen molar-refractivity contribution in [3.8, 4) is 0 Å². The zero-order valence-corrected chi connectivity index (χ0v) is 8.07. The van der Waals surface area contributed by atoms with Crippen molar-refractivity contribution in [1.82, 2.24) is 4.98 Å². The van der Waals surface area contributed by atoms with Crippen molar-refractivity contribution in [3.63, 3.8) is 0 Å². The van der Waals surface area contributed by atoms with Crippen LogP contribution in [0, 0.1) is 6.92 Å². The van der Waals surface area contributed by atoms with E-state index in [1.54, 1.807) is 6.20 Å². The summed E-state index contributed by atoms with van der Waals surface area (Å²) in [4.78, 5) is 4.22.